The molecule has 60 heavy (non-hydrogen) atoms. The van der Waals surface area contributed by atoms with E-state index in [4.69, 9.17) is 23.2 Å². The van der Waals surface area contributed by atoms with Crippen LogP contribution in [0.2, 0.25) is 0 Å². The van der Waals surface area contributed by atoms with E-state index in [2.05, 4.69) is 78.9 Å². The molecule has 1 aromatic heterocycles. The molecule has 3 heteroatoms. The number of fused-ring (bicyclic) bond motifs is 3. The van der Waals surface area contributed by atoms with Gasteiger partial charge in [-0.15, -0.1) is 0 Å². The number of rotatable bonds is 7. The first-order valence-electron chi connectivity index (χ1n) is 23.3. The first-order chi connectivity index (χ1) is 32.6. The van der Waals surface area contributed by atoms with Crippen LogP contribution in [0.25, 0.3) is 111 Å². The van der Waals surface area contributed by atoms with E-state index in [0.717, 1.165) is 55.1 Å². The fourth-order valence-corrected chi connectivity index (χ4v) is 7.92. The summed E-state index contributed by atoms with van der Waals surface area (Å²) >= 11 is 0. The van der Waals surface area contributed by atoms with Crippen LogP contribution in [-0.2, 0) is 0 Å². The van der Waals surface area contributed by atoms with Gasteiger partial charge in [-0.3, -0.25) is 0 Å². The van der Waals surface area contributed by atoms with Crippen molar-refractivity contribution in [1.82, 2.24) is 15.0 Å². The normalized spacial score (nSPS) is 13.0. The third kappa shape index (κ3) is 6.68. The molecule has 0 fully saturated rings. The summed E-state index contributed by atoms with van der Waals surface area (Å²) < 4.78 is 61.6. The summed E-state index contributed by atoms with van der Waals surface area (Å²) in [6.45, 7) is 0. The smallest absolute Gasteiger partial charge is 0.164 e. The highest BCUT2D eigenvalue weighted by molar-refractivity contribution is 6.07. The molecule has 0 amide bonds. The van der Waals surface area contributed by atoms with Gasteiger partial charge in [0.2, 0.25) is 0 Å². The molecular weight excluding hydrogens is 727 g/mol. The van der Waals surface area contributed by atoms with Gasteiger partial charge in [0.1, 0.15) is 0 Å². The van der Waals surface area contributed by atoms with Crippen molar-refractivity contribution in [1.29, 1.82) is 0 Å². The van der Waals surface area contributed by atoms with E-state index in [1.165, 1.54) is 5.56 Å². The number of benzene rings is 10. The number of aromatic nitrogens is 3. The molecule has 0 spiro atoms. The molecule has 1 heterocycles. The highest BCUT2D eigenvalue weighted by Gasteiger charge is 2.17. The van der Waals surface area contributed by atoms with Crippen molar-refractivity contribution in [2.45, 2.75) is 0 Å². The molecule has 3 nitrogen and oxygen atoms in total. The third-order valence-electron chi connectivity index (χ3n) is 11.0. The molecule has 10 aromatic carbocycles. The summed E-state index contributed by atoms with van der Waals surface area (Å²) in [6, 6.07) is 58.1. The Morgan fingerprint density at radius 1 is 0.267 bits per heavy atom. The molecule has 11 rings (SSSR count). The second kappa shape index (κ2) is 15.1. The molecule has 280 valence electrons. The summed E-state index contributed by atoms with van der Waals surface area (Å²) in [5.41, 5.74) is 9.38. The Morgan fingerprint density at radius 3 is 1.42 bits per heavy atom. The lowest BCUT2D eigenvalue weighted by atomic mass is 9.92. The van der Waals surface area contributed by atoms with Crippen LogP contribution < -0.4 is 0 Å². The van der Waals surface area contributed by atoms with Gasteiger partial charge in [0.05, 0.1) is 9.60 Å². The van der Waals surface area contributed by atoms with Crippen molar-refractivity contribution >= 4 is 32.3 Å². The average molecular weight is 771 g/mol. The topological polar surface area (TPSA) is 38.7 Å². The monoisotopic (exact) mass is 770 g/mol. The zero-order valence-electron chi connectivity index (χ0n) is 39.2. The number of nitrogens with zero attached hydrogens (tertiary/aromatic N) is 3. The molecule has 0 N–H and O–H groups in total. The number of hydrogen-bond donors (Lipinski definition) is 0. The van der Waals surface area contributed by atoms with Crippen LogP contribution in [0.15, 0.2) is 224 Å². The van der Waals surface area contributed by atoms with Gasteiger partial charge in [0.15, 0.2) is 17.5 Å². The maximum absolute atomic E-state index is 9.24. The molecule has 0 aliphatic carbocycles. The van der Waals surface area contributed by atoms with Crippen molar-refractivity contribution in [3.63, 3.8) is 0 Å². The maximum atomic E-state index is 9.24. The molecule has 0 aliphatic heterocycles. The van der Waals surface area contributed by atoms with E-state index in [9.17, 15) is 1.37 Å². The van der Waals surface area contributed by atoms with Crippen LogP contribution in [0.1, 0.15) is 9.60 Å². The fraction of sp³-hybridized carbons (Fsp3) is 0. The van der Waals surface area contributed by atoms with Crippen LogP contribution >= 0.6 is 0 Å². The standard InChI is InChI=1S/C57H37N3/c1-3-12-38(13-4-1)40-22-24-42(25-23-40)45-30-31-47-35-49(33-32-46(47)34-45)56-58-55(44-28-26-41(27-29-44)39-14-5-2-6-15-39)59-57(60-56)50-36-48-17-8-10-20-52(48)54(37-50)53-21-11-18-43-16-7-9-19-51(43)53/h1-37H/i7D,9D,11D,16D,18D,19D,21D. The van der Waals surface area contributed by atoms with E-state index >= 15 is 0 Å². The van der Waals surface area contributed by atoms with E-state index in [1.807, 2.05) is 103 Å². The average Bonchev–Trinajstić information content (AvgIpc) is 3.38. The molecule has 0 radical (unpaired) electrons. The Balaban J connectivity index is 1.07. The van der Waals surface area contributed by atoms with Gasteiger partial charge in [-0.25, -0.2) is 15.0 Å². The van der Waals surface area contributed by atoms with E-state index in [1.54, 1.807) is 0 Å². The molecule has 0 unspecified atom stereocenters. The van der Waals surface area contributed by atoms with Gasteiger partial charge in [-0.05, 0) is 101 Å². The van der Waals surface area contributed by atoms with Crippen LogP contribution in [0.4, 0.5) is 0 Å². The molecule has 0 saturated heterocycles. The minimum atomic E-state index is -0.502. The minimum absolute atomic E-state index is 0.0124. The zero-order valence-corrected chi connectivity index (χ0v) is 32.2. The number of hydrogen-bond acceptors (Lipinski definition) is 3. The van der Waals surface area contributed by atoms with Gasteiger partial charge in [0, 0.05) is 16.7 Å². The Kier molecular flexibility index (Phi) is 7.13. The lowest BCUT2D eigenvalue weighted by molar-refractivity contribution is 1.08. The summed E-state index contributed by atoms with van der Waals surface area (Å²) in [6.07, 6.45) is 0. The van der Waals surface area contributed by atoms with Gasteiger partial charge >= 0.3 is 0 Å². The van der Waals surface area contributed by atoms with E-state index in [-0.39, 0.29) is 28.4 Å². The molecule has 0 saturated carbocycles. The summed E-state index contributed by atoms with van der Waals surface area (Å²) in [5.74, 6) is 1.23. The van der Waals surface area contributed by atoms with Crippen molar-refractivity contribution in [3.05, 3.63) is 224 Å². The van der Waals surface area contributed by atoms with E-state index in [0.29, 0.717) is 34.0 Å². The SMILES string of the molecule is [2H]c1c([2H])c([2H])c2c(-c3cc(-c4nc(-c5ccc(-c6ccccc6)cc5)nc(-c5ccc6cc(-c7ccc(-c8ccccc8)cc7)ccc6c5)n4)cc4ccccc34)c([2H])c([2H])c([2H])c2c1[2H]. The highest BCUT2D eigenvalue weighted by atomic mass is 15.0. The largest absolute Gasteiger partial charge is 0.208 e. The summed E-state index contributed by atoms with van der Waals surface area (Å²) in [7, 11) is 0. The van der Waals surface area contributed by atoms with Gasteiger partial charge in [0.25, 0.3) is 0 Å². The zero-order chi connectivity index (χ0) is 45.9. The Hall–Kier alpha value is -8.01. The van der Waals surface area contributed by atoms with Gasteiger partial charge in [-0.2, -0.15) is 0 Å². The van der Waals surface area contributed by atoms with Crippen LogP contribution in [-0.4, -0.2) is 15.0 Å². The second-order valence-corrected chi connectivity index (χ2v) is 14.7. The second-order valence-electron chi connectivity index (χ2n) is 14.7. The first-order valence-corrected chi connectivity index (χ1v) is 19.8. The van der Waals surface area contributed by atoms with E-state index < -0.39 is 30.2 Å². The summed E-state index contributed by atoms with van der Waals surface area (Å²) in [4.78, 5) is 15.3. The summed E-state index contributed by atoms with van der Waals surface area (Å²) in [5, 5.41) is 3.43. The molecular formula is C57H37N3. The lowest BCUT2D eigenvalue weighted by Gasteiger charge is -2.14. The van der Waals surface area contributed by atoms with Crippen LogP contribution in [0, 0.1) is 0 Å². The van der Waals surface area contributed by atoms with Crippen molar-refractivity contribution < 1.29 is 9.60 Å². The van der Waals surface area contributed by atoms with Gasteiger partial charge in [-0.1, -0.05) is 200 Å². The quantitative estimate of drug-likeness (QED) is 0.162. The maximum Gasteiger partial charge on any atom is 0.164 e. The molecule has 0 aliphatic rings. The highest BCUT2D eigenvalue weighted by Crippen LogP contribution is 2.38. The third-order valence-corrected chi connectivity index (χ3v) is 11.0. The van der Waals surface area contributed by atoms with Gasteiger partial charge < -0.3 is 0 Å². The molecule has 11 aromatic rings. The minimum Gasteiger partial charge on any atom is -0.208 e. The predicted molar refractivity (Wildman–Crippen MR) is 250 cm³/mol. The van der Waals surface area contributed by atoms with Crippen LogP contribution in [0.5, 0.6) is 0 Å². The molecule has 0 atom stereocenters. The van der Waals surface area contributed by atoms with Crippen LogP contribution in [0.3, 0.4) is 0 Å². The van der Waals surface area contributed by atoms with Crippen molar-refractivity contribution in [2.24, 2.45) is 0 Å². The first kappa shape index (κ1) is 28.4. The Bertz CT molecular complexity index is 3740. The molecule has 0 bridgehead atoms. The van der Waals surface area contributed by atoms with Crippen molar-refractivity contribution in [2.75, 3.05) is 0 Å². The Morgan fingerprint density at radius 2 is 0.733 bits per heavy atom. The predicted octanol–water partition coefficient (Wildman–Crippen LogP) is 15.0. The van der Waals surface area contributed by atoms with Crippen molar-refractivity contribution in [3.8, 4) is 78.7 Å². The lowest BCUT2D eigenvalue weighted by Crippen LogP contribution is -2.00. The fourth-order valence-electron chi connectivity index (χ4n) is 7.92. The Labute approximate surface area is 358 Å².